The summed E-state index contributed by atoms with van der Waals surface area (Å²) in [5, 5.41) is 10.2. The smallest absolute Gasteiger partial charge is 0.242 e. The van der Waals surface area contributed by atoms with E-state index in [2.05, 4.69) is 4.99 Å². The number of amides is 1. The fourth-order valence-corrected chi connectivity index (χ4v) is 2.14. The molecule has 0 aromatic carbocycles. The molecule has 1 atom stereocenters. The number of hydrogen-bond acceptors (Lipinski definition) is 5. The van der Waals surface area contributed by atoms with Crippen LogP contribution in [0.3, 0.4) is 0 Å². The maximum absolute atomic E-state index is 11.3. The van der Waals surface area contributed by atoms with Crippen molar-refractivity contribution in [2.75, 3.05) is 14.1 Å². The van der Waals surface area contributed by atoms with Crippen LogP contribution in [-0.4, -0.2) is 41.3 Å². The van der Waals surface area contributed by atoms with Crippen molar-refractivity contribution in [1.29, 1.82) is 0 Å². The van der Waals surface area contributed by atoms with E-state index in [9.17, 15) is 14.7 Å². The first-order valence-electron chi connectivity index (χ1n) is 3.67. The van der Waals surface area contributed by atoms with Crippen molar-refractivity contribution in [1.82, 2.24) is 4.90 Å². The quantitative estimate of drug-likeness (QED) is 0.556. The van der Waals surface area contributed by atoms with Gasteiger partial charge in [-0.3, -0.25) is 14.7 Å². The predicted molar refractivity (Wildman–Crippen MR) is 47.1 cm³/mol. The first kappa shape index (κ1) is 10.0. The highest BCUT2D eigenvalue weighted by Gasteiger charge is 2.34. The number of nitrogens with zero attached hydrogens (tertiary/aromatic N) is 2. The van der Waals surface area contributed by atoms with Crippen molar-refractivity contribution in [3.63, 3.8) is 0 Å². The SMILES string of the molecule is CN=C1S[C@@H](CC(=O)[O-])C(=O)N1C. The Morgan fingerprint density at radius 3 is 2.77 bits per heavy atom. The van der Waals surface area contributed by atoms with Crippen molar-refractivity contribution in [3.05, 3.63) is 0 Å². The van der Waals surface area contributed by atoms with Crippen LogP contribution in [0.15, 0.2) is 4.99 Å². The number of hydrogen-bond donors (Lipinski definition) is 0. The second-order valence-electron chi connectivity index (χ2n) is 2.59. The molecule has 72 valence electrons. The Balaban J connectivity index is 2.72. The minimum Gasteiger partial charge on any atom is -0.550 e. The number of aliphatic imine (C=N–C) groups is 1. The predicted octanol–water partition coefficient (Wildman–Crippen LogP) is -1.31. The van der Waals surface area contributed by atoms with Crippen molar-refractivity contribution < 1.29 is 14.7 Å². The molecule has 0 radical (unpaired) electrons. The Labute approximate surface area is 79.8 Å². The lowest BCUT2D eigenvalue weighted by Crippen LogP contribution is -2.32. The molecule has 5 nitrogen and oxygen atoms in total. The number of aliphatic carboxylic acids is 1. The molecule has 13 heavy (non-hydrogen) atoms. The highest BCUT2D eigenvalue weighted by Crippen LogP contribution is 2.27. The minimum absolute atomic E-state index is 0.227. The van der Waals surface area contributed by atoms with Crippen molar-refractivity contribution >= 4 is 28.8 Å². The highest BCUT2D eigenvalue weighted by atomic mass is 32.2. The topological polar surface area (TPSA) is 72.8 Å². The number of carboxylic acid groups (broad SMARTS) is 1. The molecule has 0 bridgehead atoms. The van der Waals surface area contributed by atoms with Crippen LogP contribution in [0.5, 0.6) is 0 Å². The second-order valence-corrected chi connectivity index (χ2v) is 3.76. The molecule has 0 spiro atoms. The van der Waals surface area contributed by atoms with E-state index in [0.29, 0.717) is 5.17 Å². The normalized spacial score (nSPS) is 25.7. The number of amidine groups is 1. The summed E-state index contributed by atoms with van der Waals surface area (Å²) in [6.07, 6.45) is -0.257. The average molecular weight is 201 g/mol. The van der Waals surface area contributed by atoms with Gasteiger partial charge in [-0.15, -0.1) is 0 Å². The Morgan fingerprint density at radius 1 is 1.77 bits per heavy atom. The Hall–Kier alpha value is -1.04. The van der Waals surface area contributed by atoms with E-state index in [1.54, 1.807) is 14.1 Å². The largest absolute Gasteiger partial charge is 0.550 e. The molecule has 1 heterocycles. The molecule has 0 aromatic heterocycles. The van der Waals surface area contributed by atoms with Crippen LogP contribution in [0.2, 0.25) is 0 Å². The van der Waals surface area contributed by atoms with E-state index in [-0.39, 0.29) is 12.3 Å². The lowest BCUT2D eigenvalue weighted by molar-refractivity contribution is -0.305. The summed E-state index contributed by atoms with van der Waals surface area (Å²) in [6, 6.07) is 0. The standard InChI is InChI=1S/C7H10N2O3S/c1-8-7-9(2)6(12)4(13-7)3-5(10)11/h4H,3H2,1-2H3,(H,10,11)/p-1/t4-/m0/s1. The lowest BCUT2D eigenvalue weighted by atomic mass is 10.3. The summed E-state index contributed by atoms with van der Waals surface area (Å²) in [4.78, 5) is 26.8. The Bertz CT molecular complexity index is 277. The maximum Gasteiger partial charge on any atom is 0.242 e. The van der Waals surface area contributed by atoms with E-state index >= 15 is 0 Å². The number of rotatable bonds is 2. The van der Waals surface area contributed by atoms with Crippen LogP contribution in [0, 0.1) is 0 Å². The summed E-state index contributed by atoms with van der Waals surface area (Å²) in [7, 11) is 3.14. The summed E-state index contributed by atoms with van der Waals surface area (Å²) >= 11 is 1.16. The third kappa shape index (κ3) is 2.00. The molecular formula is C7H9N2O3S-. The molecule has 1 fully saturated rings. The summed E-state index contributed by atoms with van der Waals surface area (Å²) in [5.41, 5.74) is 0. The van der Waals surface area contributed by atoms with E-state index in [0.717, 1.165) is 11.8 Å². The first-order valence-corrected chi connectivity index (χ1v) is 4.55. The molecule has 1 amide bonds. The zero-order chi connectivity index (χ0) is 10.0. The van der Waals surface area contributed by atoms with Crippen molar-refractivity contribution in [2.45, 2.75) is 11.7 Å². The van der Waals surface area contributed by atoms with Crippen LogP contribution in [-0.2, 0) is 9.59 Å². The first-order chi connectivity index (χ1) is 6.06. The zero-order valence-electron chi connectivity index (χ0n) is 7.31. The van der Waals surface area contributed by atoms with Crippen molar-refractivity contribution in [2.24, 2.45) is 4.99 Å². The molecule has 0 aromatic rings. The Morgan fingerprint density at radius 2 is 2.38 bits per heavy atom. The van der Waals surface area contributed by atoms with Gasteiger partial charge in [0.1, 0.15) is 0 Å². The number of thioether (sulfide) groups is 1. The van der Waals surface area contributed by atoms with Crippen molar-refractivity contribution in [3.8, 4) is 0 Å². The Kier molecular flexibility index (Phi) is 2.92. The lowest BCUT2D eigenvalue weighted by Gasteiger charge is -2.08. The van der Waals surface area contributed by atoms with Gasteiger partial charge in [0, 0.05) is 26.5 Å². The molecule has 0 aliphatic carbocycles. The molecule has 0 saturated carbocycles. The van der Waals surface area contributed by atoms with Crippen LogP contribution in [0.25, 0.3) is 0 Å². The van der Waals surface area contributed by atoms with Crippen LogP contribution in [0.4, 0.5) is 0 Å². The monoisotopic (exact) mass is 201 g/mol. The zero-order valence-corrected chi connectivity index (χ0v) is 8.13. The minimum atomic E-state index is -1.21. The van der Waals surface area contributed by atoms with Gasteiger partial charge < -0.3 is 9.90 Å². The van der Waals surface area contributed by atoms with Gasteiger partial charge in [-0.1, -0.05) is 11.8 Å². The summed E-state index contributed by atoms with van der Waals surface area (Å²) in [5.74, 6) is -1.44. The number of carboxylic acids is 1. The molecule has 0 N–H and O–H groups in total. The fourth-order valence-electron chi connectivity index (χ4n) is 1.05. The molecule has 1 rings (SSSR count). The summed E-state index contributed by atoms with van der Waals surface area (Å²) < 4.78 is 0. The van der Waals surface area contributed by atoms with E-state index in [1.807, 2.05) is 0 Å². The molecule has 1 aliphatic rings. The third-order valence-corrected chi connectivity index (χ3v) is 3.00. The van der Waals surface area contributed by atoms with E-state index in [1.165, 1.54) is 4.90 Å². The third-order valence-electron chi connectivity index (χ3n) is 1.68. The van der Waals surface area contributed by atoms with Gasteiger partial charge in [0.15, 0.2) is 5.17 Å². The van der Waals surface area contributed by atoms with Gasteiger partial charge >= 0.3 is 0 Å². The average Bonchev–Trinajstić information content (AvgIpc) is 2.32. The van der Waals surface area contributed by atoms with Gasteiger partial charge in [-0.05, 0) is 0 Å². The maximum atomic E-state index is 11.3. The van der Waals surface area contributed by atoms with Gasteiger partial charge in [-0.25, -0.2) is 0 Å². The summed E-state index contributed by atoms with van der Waals surface area (Å²) in [6.45, 7) is 0. The second kappa shape index (κ2) is 3.78. The highest BCUT2D eigenvalue weighted by molar-refractivity contribution is 8.15. The van der Waals surface area contributed by atoms with Crippen LogP contribution in [0.1, 0.15) is 6.42 Å². The van der Waals surface area contributed by atoms with Gasteiger partial charge in [0.2, 0.25) is 5.91 Å². The van der Waals surface area contributed by atoms with Gasteiger partial charge in [-0.2, -0.15) is 0 Å². The fraction of sp³-hybridized carbons (Fsp3) is 0.571. The molecule has 1 aliphatic heterocycles. The number of carbonyl (C=O) groups is 2. The van der Waals surface area contributed by atoms with Gasteiger partial charge in [0.05, 0.1) is 5.25 Å². The van der Waals surface area contributed by atoms with E-state index < -0.39 is 11.2 Å². The van der Waals surface area contributed by atoms with Crippen LogP contribution < -0.4 is 5.11 Å². The van der Waals surface area contributed by atoms with E-state index in [4.69, 9.17) is 0 Å². The molecule has 1 saturated heterocycles. The molecule has 0 unspecified atom stereocenters. The molecular weight excluding hydrogens is 192 g/mol. The number of carbonyl (C=O) groups excluding carboxylic acids is 2. The van der Waals surface area contributed by atoms with Crippen LogP contribution >= 0.6 is 11.8 Å². The molecule has 6 heteroatoms. The van der Waals surface area contributed by atoms with Gasteiger partial charge in [0.25, 0.3) is 0 Å².